The number of nitrogens with one attached hydrogen (secondary N) is 2. The van der Waals surface area contributed by atoms with Gasteiger partial charge in [0.25, 0.3) is 5.91 Å². The van der Waals surface area contributed by atoms with Gasteiger partial charge in [0.1, 0.15) is 12.0 Å². The summed E-state index contributed by atoms with van der Waals surface area (Å²) in [5.74, 6) is -2.09. The van der Waals surface area contributed by atoms with Crippen molar-refractivity contribution in [1.29, 1.82) is 0 Å². The molecular formula is C26H25N3O3. The Labute approximate surface area is 187 Å². The van der Waals surface area contributed by atoms with Crippen LogP contribution >= 0.6 is 0 Å². The minimum atomic E-state index is -0.949. The molecule has 0 aliphatic carbocycles. The molecule has 162 valence electrons. The van der Waals surface area contributed by atoms with Gasteiger partial charge in [0.15, 0.2) is 0 Å². The third-order valence-electron chi connectivity index (χ3n) is 5.79. The maximum Gasteiger partial charge on any atom is 0.253 e. The van der Waals surface area contributed by atoms with E-state index in [9.17, 15) is 14.4 Å². The lowest BCUT2D eigenvalue weighted by molar-refractivity contribution is -0.136. The number of amides is 3. The highest BCUT2D eigenvalue weighted by Gasteiger charge is 2.34. The Balaban J connectivity index is 1.55. The zero-order chi connectivity index (χ0) is 22.7. The Morgan fingerprint density at radius 2 is 1.50 bits per heavy atom. The Bertz CT molecular complexity index is 1160. The van der Waals surface area contributed by atoms with Crippen LogP contribution in [-0.4, -0.2) is 24.8 Å². The van der Waals surface area contributed by atoms with Crippen molar-refractivity contribution in [2.45, 2.75) is 19.5 Å². The quantitative estimate of drug-likeness (QED) is 0.613. The van der Waals surface area contributed by atoms with Crippen LogP contribution in [0.1, 0.15) is 24.1 Å². The molecule has 0 unspecified atom stereocenters. The number of benzene rings is 3. The molecular weight excluding hydrogens is 402 g/mol. The van der Waals surface area contributed by atoms with Gasteiger partial charge in [-0.3, -0.25) is 14.4 Å². The Hall–Kier alpha value is -3.93. The van der Waals surface area contributed by atoms with Crippen molar-refractivity contribution in [1.82, 2.24) is 10.6 Å². The molecule has 1 heterocycles. The number of hydrogen-bond acceptors (Lipinski definition) is 3. The van der Waals surface area contributed by atoms with Crippen LogP contribution in [0.25, 0.3) is 11.1 Å². The normalized spacial score (nSPS) is 15.8. The summed E-state index contributed by atoms with van der Waals surface area (Å²) in [6.07, 6.45) is 0. The summed E-state index contributed by atoms with van der Waals surface area (Å²) in [5.41, 5.74) is 4.23. The number of fused-ring (bicyclic) bond motifs is 3. The molecule has 0 radical (unpaired) electrons. The van der Waals surface area contributed by atoms with E-state index in [1.807, 2.05) is 78.9 Å². The lowest BCUT2D eigenvalue weighted by Crippen LogP contribution is -2.45. The fourth-order valence-electron chi connectivity index (χ4n) is 3.90. The minimum Gasteiger partial charge on any atom is -0.351 e. The molecule has 0 saturated heterocycles. The highest BCUT2D eigenvalue weighted by molar-refractivity contribution is 6.07. The standard InChI is InChI=1S/C26H25N3O3/c1-17(24(30)27-16-18-10-4-3-5-11-18)25(31)28-23-21-14-7-6-12-19(21)20-13-8-9-15-22(20)29(2)26(23)32/h3-15,17,23H,16H2,1-2H3,(H,27,30)(H,28,31)/t17-,23+/m1/s1. The smallest absolute Gasteiger partial charge is 0.253 e. The summed E-state index contributed by atoms with van der Waals surface area (Å²) in [7, 11) is 1.70. The molecule has 2 N–H and O–H groups in total. The molecule has 6 nitrogen and oxygen atoms in total. The monoisotopic (exact) mass is 427 g/mol. The Morgan fingerprint density at radius 1 is 0.875 bits per heavy atom. The minimum absolute atomic E-state index is 0.257. The van der Waals surface area contributed by atoms with Gasteiger partial charge in [-0.15, -0.1) is 0 Å². The molecule has 0 spiro atoms. The number of likely N-dealkylation sites (N-methyl/N-ethyl adjacent to an activating group) is 1. The van der Waals surface area contributed by atoms with Gasteiger partial charge in [-0.1, -0.05) is 72.8 Å². The molecule has 2 atom stereocenters. The van der Waals surface area contributed by atoms with Gasteiger partial charge >= 0.3 is 0 Å². The SMILES string of the molecule is C[C@H](C(=O)NCc1ccccc1)C(=O)N[C@@H]1C(=O)N(C)c2ccccc2-c2ccccc21. The van der Waals surface area contributed by atoms with E-state index in [1.165, 1.54) is 0 Å². The van der Waals surface area contributed by atoms with Crippen LogP contribution in [0.4, 0.5) is 5.69 Å². The van der Waals surface area contributed by atoms with Crippen LogP contribution in [0.3, 0.4) is 0 Å². The molecule has 3 aromatic rings. The van der Waals surface area contributed by atoms with E-state index in [-0.39, 0.29) is 5.91 Å². The Morgan fingerprint density at radius 3 is 2.25 bits per heavy atom. The average Bonchev–Trinajstić information content (AvgIpc) is 2.92. The van der Waals surface area contributed by atoms with Crippen LogP contribution in [-0.2, 0) is 20.9 Å². The zero-order valence-corrected chi connectivity index (χ0v) is 18.0. The highest BCUT2D eigenvalue weighted by atomic mass is 16.2. The van der Waals surface area contributed by atoms with Crippen molar-refractivity contribution in [2.24, 2.45) is 5.92 Å². The van der Waals surface area contributed by atoms with Gasteiger partial charge in [0.05, 0.1) is 5.69 Å². The second-order valence-corrected chi connectivity index (χ2v) is 7.87. The van der Waals surface area contributed by atoms with Crippen LogP contribution < -0.4 is 15.5 Å². The maximum atomic E-state index is 13.3. The number of para-hydroxylation sites is 1. The first-order chi connectivity index (χ1) is 15.5. The molecule has 1 aliphatic rings. The molecule has 3 aromatic carbocycles. The van der Waals surface area contributed by atoms with Gasteiger partial charge in [-0.25, -0.2) is 0 Å². The molecule has 0 aromatic heterocycles. The van der Waals surface area contributed by atoms with Gasteiger partial charge in [-0.2, -0.15) is 0 Å². The Kier molecular flexibility index (Phi) is 6.03. The third-order valence-corrected chi connectivity index (χ3v) is 5.79. The zero-order valence-electron chi connectivity index (χ0n) is 18.0. The fraction of sp³-hybridized carbons (Fsp3) is 0.192. The van der Waals surface area contributed by atoms with Crippen LogP contribution in [0.2, 0.25) is 0 Å². The van der Waals surface area contributed by atoms with Crippen molar-refractivity contribution in [3.05, 3.63) is 90.0 Å². The van der Waals surface area contributed by atoms with E-state index in [0.29, 0.717) is 12.1 Å². The van der Waals surface area contributed by atoms with Crippen LogP contribution in [0, 0.1) is 5.92 Å². The maximum absolute atomic E-state index is 13.3. The van der Waals surface area contributed by atoms with E-state index in [4.69, 9.17) is 0 Å². The van der Waals surface area contributed by atoms with Gasteiger partial charge < -0.3 is 15.5 Å². The second-order valence-electron chi connectivity index (χ2n) is 7.87. The number of anilines is 1. The first-order valence-electron chi connectivity index (χ1n) is 10.6. The van der Waals surface area contributed by atoms with Crippen molar-refractivity contribution >= 4 is 23.4 Å². The lowest BCUT2D eigenvalue weighted by atomic mass is 9.95. The average molecular weight is 428 g/mol. The molecule has 32 heavy (non-hydrogen) atoms. The van der Waals surface area contributed by atoms with Crippen LogP contribution in [0.5, 0.6) is 0 Å². The summed E-state index contributed by atoms with van der Waals surface area (Å²) >= 11 is 0. The first kappa shape index (κ1) is 21.3. The van der Waals surface area contributed by atoms with E-state index < -0.39 is 23.8 Å². The molecule has 4 rings (SSSR count). The number of nitrogens with zero attached hydrogens (tertiary/aromatic N) is 1. The highest BCUT2D eigenvalue weighted by Crippen LogP contribution is 2.39. The fourth-order valence-corrected chi connectivity index (χ4v) is 3.90. The summed E-state index contributed by atoms with van der Waals surface area (Å²) in [5, 5.41) is 5.61. The van der Waals surface area contributed by atoms with Crippen LogP contribution in [0.15, 0.2) is 78.9 Å². The van der Waals surface area contributed by atoms with Crippen molar-refractivity contribution in [2.75, 3.05) is 11.9 Å². The summed E-state index contributed by atoms with van der Waals surface area (Å²) in [6.45, 7) is 1.88. The number of rotatable bonds is 5. The second kappa shape index (κ2) is 9.06. The van der Waals surface area contributed by atoms with Gasteiger partial charge in [0.2, 0.25) is 11.8 Å². The van der Waals surface area contributed by atoms with Crippen molar-refractivity contribution < 1.29 is 14.4 Å². The summed E-state index contributed by atoms with van der Waals surface area (Å²) < 4.78 is 0. The topological polar surface area (TPSA) is 78.5 Å². The first-order valence-corrected chi connectivity index (χ1v) is 10.6. The number of carbonyl (C=O) groups is 3. The van der Waals surface area contributed by atoms with Gasteiger partial charge in [0, 0.05) is 19.2 Å². The van der Waals surface area contributed by atoms with Gasteiger partial charge in [-0.05, 0) is 29.7 Å². The number of hydrogen-bond donors (Lipinski definition) is 2. The number of carbonyl (C=O) groups excluding carboxylic acids is 3. The molecule has 6 heteroatoms. The third kappa shape index (κ3) is 4.12. The molecule has 1 aliphatic heterocycles. The lowest BCUT2D eigenvalue weighted by Gasteiger charge is -2.24. The van der Waals surface area contributed by atoms with E-state index in [2.05, 4.69) is 10.6 Å². The van der Waals surface area contributed by atoms with E-state index in [0.717, 1.165) is 22.4 Å². The summed E-state index contributed by atoms with van der Waals surface area (Å²) in [4.78, 5) is 40.4. The van der Waals surface area contributed by atoms with Crippen molar-refractivity contribution in [3.8, 4) is 11.1 Å². The molecule has 0 fully saturated rings. The largest absolute Gasteiger partial charge is 0.351 e. The van der Waals surface area contributed by atoms with E-state index >= 15 is 0 Å². The van der Waals surface area contributed by atoms with E-state index in [1.54, 1.807) is 18.9 Å². The predicted molar refractivity (Wildman–Crippen MR) is 124 cm³/mol. The molecule has 0 saturated carbocycles. The summed E-state index contributed by atoms with van der Waals surface area (Å²) in [6, 6.07) is 23.8. The molecule has 0 bridgehead atoms. The predicted octanol–water partition coefficient (Wildman–Crippen LogP) is 3.44. The van der Waals surface area contributed by atoms with Crippen molar-refractivity contribution in [3.63, 3.8) is 0 Å². The molecule has 3 amide bonds.